The topological polar surface area (TPSA) is 38.7 Å². The molecule has 0 spiro atoms. The quantitative estimate of drug-likeness (QED) is 0.506. The molecule has 0 radical (unpaired) electrons. The Bertz CT molecular complexity index is 762. The Morgan fingerprint density at radius 1 is 1.09 bits per heavy atom. The first-order chi connectivity index (χ1) is 11.2. The third-order valence-electron chi connectivity index (χ3n) is 3.28. The van der Waals surface area contributed by atoms with Gasteiger partial charge in [-0.1, -0.05) is 73.0 Å². The Labute approximate surface area is 153 Å². The van der Waals surface area contributed by atoms with Crippen molar-refractivity contribution in [1.29, 1.82) is 0 Å². The molecule has 3 aromatic rings. The SMILES string of the molecule is CSc1nnc(SCc2csc(-c3ccc(C(C)C)cc3)n2)s1. The van der Waals surface area contributed by atoms with E-state index in [1.807, 2.05) is 6.26 Å². The summed E-state index contributed by atoms with van der Waals surface area (Å²) in [6.45, 7) is 4.42. The Morgan fingerprint density at radius 2 is 1.83 bits per heavy atom. The second-order valence-electron chi connectivity index (χ2n) is 5.25. The fourth-order valence-electron chi connectivity index (χ4n) is 1.99. The standard InChI is InChI=1S/C16H17N3S4/c1-10(2)11-4-6-12(7-5-11)14-17-13(8-21-14)9-22-16-19-18-15(20-3)23-16/h4-8,10H,9H2,1-3H3. The van der Waals surface area contributed by atoms with Gasteiger partial charge in [-0.05, 0) is 17.7 Å². The van der Waals surface area contributed by atoms with E-state index in [2.05, 4.69) is 53.7 Å². The van der Waals surface area contributed by atoms with Crippen LogP contribution in [0.2, 0.25) is 0 Å². The molecule has 1 aromatic carbocycles. The van der Waals surface area contributed by atoms with Gasteiger partial charge in [0.2, 0.25) is 0 Å². The fourth-order valence-corrected chi connectivity index (χ4v) is 5.25. The van der Waals surface area contributed by atoms with E-state index >= 15 is 0 Å². The molecular formula is C16H17N3S4. The average molecular weight is 380 g/mol. The number of benzene rings is 1. The molecule has 2 aromatic heterocycles. The van der Waals surface area contributed by atoms with Gasteiger partial charge in [0, 0.05) is 16.7 Å². The van der Waals surface area contributed by atoms with E-state index in [9.17, 15) is 0 Å². The third-order valence-corrected chi connectivity index (χ3v) is 7.29. The summed E-state index contributed by atoms with van der Waals surface area (Å²) in [4.78, 5) is 4.75. The predicted molar refractivity (Wildman–Crippen MR) is 103 cm³/mol. The smallest absolute Gasteiger partial charge is 0.175 e. The maximum absolute atomic E-state index is 4.75. The van der Waals surface area contributed by atoms with Crippen LogP contribution in [0.4, 0.5) is 0 Å². The maximum Gasteiger partial charge on any atom is 0.175 e. The van der Waals surface area contributed by atoms with Gasteiger partial charge in [-0.2, -0.15) is 0 Å². The van der Waals surface area contributed by atoms with Crippen molar-refractivity contribution in [2.24, 2.45) is 0 Å². The lowest BCUT2D eigenvalue weighted by atomic mass is 10.0. The van der Waals surface area contributed by atoms with Crippen LogP contribution in [0.25, 0.3) is 10.6 Å². The van der Waals surface area contributed by atoms with E-state index in [1.54, 1.807) is 46.2 Å². The van der Waals surface area contributed by atoms with Gasteiger partial charge in [-0.3, -0.25) is 0 Å². The van der Waals surface area contributed by atoms with E-state index in [-0.39, 0.29) is 0 Å². The van der Waals surface area contributed by atoms with Crippen molar-refractivity contribution in [1.82, 2.24) is 15.2 Å². The van der Waals surface area contributed by atoms with Gasteiger partial charge < -0.3 is 0 Å². The van der Waals surface area contributed by atoms with Crippen LogP contribution < -0.4 is 0 Å². The van der Waals surface area contributed by atoms with Gasteiger partial charge in [-0.15, -0.1) is 21.5 Å². The van der Waals surface area contributed by atoms with Crippen LogP contribution >= 0.6 is 46.2 Å². The van der Waals surface area contributed by atoms with Crippen molar-refractivity contribution < 1.29 is 0 Å². The Hall–Kier alpha value is -0.890. The van der Waals surface area contributed by atoms with Crippen LogP contribution in [0.15, 0.2) is 38.3 Å². The lowest BCUT2D eigenvalue weighted by Crippen LogP contribution is -1.87. The second kappa shape index (κ2) is 7.79. The van der Waals surface area contributed by atoms with Crippen LogP contribution in [0.1, 0.15) is 31.0 Å². The van der Waals surface area contributed by atoms with E-state index in [1.165, 1.54) is 11.1 Å². The summed E-state index contributed by atoms with van der Waals surface area (Å²) in [7, 11) is 0. The number of hydrogen-bond acceptors (Lipinski definition) is 7. The molecule has 0 aliphatic rings. The van der Waals surface area contributed by atoms with E-state index < -0.39 is 0 Å². The molecule has 7 heteroatoms. The molecule has 0 amide bonds. The van der Waals surface area contributed by atoms with Crippen molar-refractivity contribution in [3.05, 3.63) is 40.9 Å². The largest absolute Gasteiger partial charge is 0.240 e. The maximum atomic E-state index is 4.75. The lowest BCUT2D eigenvalue weighted by Gasteiger charge is -2.05. The van der Waals surface area contributed by atoms with E-state index in [0.717, 1.165) is 25.1 Å². The fraction of sp³-hybridized carbons (Fsp3) is 0.312. The number of nitrogens with zero attached hydrogens (tertiary/aromatic N) is 3. The molecule has 0 saturated heterocycles. The number of rotatable bonds is 6. The molecule has 0 aliphatic heterocycles. The third kappa shape index (κ3) is 4.35. The molecular weight excluding hydrogens is 362 g/mol. The summed E-state index contributed by atoms with van der Waals surface area (Å²) in [6, 6.07) is 8.73. The summed E-state index contributed by atoms with van der Waals surface area (Å²) >= 11 is 6.67. The van der Waals surface area contributed by atoms with Crippen molar-refractivity contribution in [2.45, 2.75) is 34.2 Å². The zero-order chi connectivity index (χ0) is 16.2. The monoisotopic (exact) mass is 379 g/mol. The molecule has 120 valence electrons. The van der Waals surface area contributed by atoms with Crippen molar-refractivity contribution in [2.75, 3.05) is 6.26 Å². The highest BCUT2D eigenvalue weighted by molar-refractivity contribution is 8.02. The molecule has 3 nitrogen and oxygen atoms in total. The van der Waals surface area contributed by atoms with Gasteiger partial charge in [0.1, 0.15) is 5.01 Å². The average Bonchev–Trinajstić information content (AvgIpc) is 3.22. The summed E-state index contributed by atoms with van der Waals surface area (Å²) in [5.41, 5.74) is 3.65. The van der Waals surface area contributed by atoms with Gasteiger partial charge in [0.15, 0.2) is 8.68 Å². The van der Waals surface area contributed by atoms with Gasteiger partial charge in [-0.25, -0.2) is 4.98 Å². The van der Waals surface area contributed by atoms with Crippen molar-refractivity contribution in [3.63, 3.8) is 0 Å². The van der Waals surface area contributed by atoms with E-state index in [0.29, 0.717) is 5.92 Å². The Kier molecular flexibility index (Phi) is 5.74. The molecule has 0 bridgehead atoms. The number of thiazole rings is 1. The molecule has 0 fully saturated rings. The van der Waals surface area contributed by atoms with Gasteiger partial charge in [0.05, 0.1) is 5.69 Å². The van der Waals surface area contributed by atoms with Crippen LogP contribution in [0.3, 0.4) is 0 Å². The van der Waals surface area contributed by atoms with Gasteiger partial charge in [0.25, 0.3) is 0 Å². The summed E-state index contributed by atoms with van der Waals surface area (Å²) in [5, 5.41) is 11.5. The second-order valence-corrected chi connectivity index (χ2v) is 9.36. The van der Waals surface area contributed by atoms with Crippen molar-refractivity contribution >= 4 is 46.2 Å². The van der Waals surface area contributed by atoms with Gasteiger partial charge >= 0.3 is 0 Å². The summed E-state index contributed by atoms with van der Waals surface area (Å²) in [6.07, 6.45) is 2.02. The molecule has 0 unspecified atom stereocenters. The molecule has 3 rings (SSSR count). The minimum atomic E-state index is 0.561. The summed E-state index contributed by atoms with van der Waals surface area (Å²) in [5.74, 6) is 1.40. The highest BCUT2D eigenvalue weighted by atomic mass is 32.2. The zero-order valence-corrected chi connectivity index (χ0v) is 16.4. The molecule has 0 N–H and O–H groups in total. The van der Waals surface area contributed by atoms with Crippen LogP contribution in [0, 0.1) is 0 Å². The number of aromatic nitrogens is 3. The molecule has 23 heavy (non-hydrogen) atoms. The first-order valence-corrected chi connectivity index (χ1v) is 11.1. The minimum Gasteiger partial charge on any atom is -0.240 e. The highest BCUT2D eigenvalue weighted by Gasteiger charge is 2.08. The van der Waals surface area contributed by atoms with Crippen LogP contribution in [0.5, 0.6) is 0 Å². The molecule has 0 aliphatic carbocycles. The van der Waals surface area contributed by atoms with E-state index in [4.69, 9.17) is 4.98 Å². The van der Waals surface area contributed by atoms with Crippen LogP contribution in [-0.2, 0) is 5.75 Å². The number of thioether (sulfide) groups is 2. The summed E-state index contributed by atoms with van der Waals surface area (Å²) < 4.78 is 2.02. The minimum absolute atomic E-state index is 0.561. The lowest BCUT2D eigenvalue weighted by molar-refractivity contribution is 0.867. The Balaban J connectivity index is 1.65. The zero-order valence-electron chi connectivity index (χ0n) is 13.1. The molecule has 2 heterocycles. The van der Waals surface area contributed by atoms with Crippen molar-refractivity contribution in [3.8, 4) is 10.6 Å². The Morgan fingerprint density at radius 3 is 2.48 bits per heavy atom. The normalized spacial score (nSPS) is 11.3. The molecule has 0 atom stereocenters. The number of hydrogen-bond donors (Lipinski definition) is 0. The molecule has 0 saturated carbocycles. The first-order valence-electron chi connectivity index (χ1n) is 7.20. The highest BCUT2D eigenvalue weighted by Crippen LogP contribution is 2.31. The first kappa shape index (κ1) is 17.0. The predicted octanol–water partition coefficient (Wildman–Crippen LogP) is 5.80. The van der Waals surface area contributed by atoms with Crippen LogP contribution in [-0.4, -0.2) is 21.4 Å².